The van der Waals surface area contributed by atoms with Gasteiger partial charge in [-0.05, 0) is 76.1 Å². The molecule has 0 aliphatic heterocycles. The average Bonchev–Trinajstić information content (AvgIpc) is 2.80. The number of anilines is 1. The lowest BCUT2D eigenvalue weighted by Crippen LogP contribution is -2.32. The van der Waals surface area contributed by atoms with Crippen LogP contribution in [0.4, 0.5) is 5.69 Å². The van der Waals surface area contributed by atoms with Crippen LogP contribution in [0.15, 0.2) is 85.9 Å². The van der Waals surface area contributed by atoms with Gasteiger partial charge in [0.25, 0.3) is 11.5 Å². The fourth-order valence-corrected chi connectivity index (χ4v) is 3.61. The molecule has 0 unspecified atom stereocenters. The van der Waals surface area contributed by atoms with Gasteiger partial charge < -0.3 is 15.0 Å². The molecule has 0 fully saturated rings. The van der Waals surface area contributed by atoms with E-state index < -0.39 is 11.2 Å². The first-order chi connectivity index (χ1) is 15.9. The Morgan fingerprint density at radius 3 is 2.64 bits per heavy atom. The number of rotatable bonds is 6. The number of hydrogen-bond acceptors (Lipinski definition) is 5. The molecule has 0 spiro atoms. The maximum Gasteiger partial charge on any atom is 0.349 e. The van der Waals surface area contributed by atoms with Gasteiger partial charge in [0, 0.05) is 10.7 Å². The summed E-state index contributed by atoms with van der Waals surface area (Å²) in [5.74, 6) is 0.115. The van der Waals surface area contributed by atoms with E-state index in [-0.39, 0.29) is 12.5 Å². The van der Waals surface area contributed by atoms with Crippen LogP contribution in [0.25, 0.3) is 10.9 Å². The predicted molar refractivity (Wildman–Crippen MR) is 132 cm³/mol. The number of nitrogens with one attached hydrogen (secondary N) is 2. The maximum atomic E-state index is 12.5. The van der Waals surface area contributed by atoms with Gasteiger partial charge in [0.2, 0.25) is 0 Å². The van der Waals surface area contributed by atoms with Crippen LogP contribution < -0.4 is 21.3 Å². The van der Waals surface area contributed by atoms with Crippen molar-refractivity contribution in [1.82, 2.24) is 9.66 Å². The first-order valence-corrected chi connectivity index (χ1v) is 10.8. The summed E-state index contributed by atoms with van der Waals surface area (Å²) in [6, 6.07) is 18.5. The van der Waals surface area contributed by atoms with Crippen LogP contribution >= 0.6 is 27.5 Å². The Morgan fingerprint density at radius 2 is 1.88 bits per heavy atom. The van der Waals surface area contributed by atoms with Crippen molar-refractivity contribution in [1.29, 1.82) is 0 Å². The van der Waals surface area contributed by atoms with Crippen molar-refractivity contribution in [3.05, 3.63) is 103 Å². The van der Waals surface area contributed by atoms with Crippen molar-refractivity contribution in [3.8, 4) is 5.75 Å². The number of aromatic amines is 1. The van der Waals surface area contributed by atoms with Crippen molar-refractivity contribution < 1.29 is 9.53 Å². The number of para-hydroxylation sites is 1. The average molecular weight is 528 g/mol. The fourth-order valence-electron chi connectivity index (χ4n) is 2.97. The zero-order valence-corrected chi connectivity index (χ0v) is 19.3. The van der Waals surface area contributed by atoms with E-state index in [9.17, 15) is 14.4 Å². The molecule has 1 aromatic heterocycles. The van der Waals surface area contributed by atoms with E-state index in [2.05, 4.69) is 31.3 Å². The van der Waals surface area contributed by atoms with Crippen molar-refractivity contribution >= 4 is 56.2 Å². The molecule has 0 aliphatic carbocycles. The highest BCUT2D eigenvalue weighted by Crippen LogP contribution is 2.25. The molecule has 8 nitrogen and oxygen atoms in total. The number of carbonyl (C=O) groups is 1. The molecule has 0 saturated carbocycles. The lowest BCUT2D eigenvalue weighted by Gasteiger charge is -2.09. The van der Waals surface area contributed by atoms with Gasteiger partial charge in [-0.2, -0.15) is 5.10 Å². The summed E-state index contributed by atoms with van der Waals surface area (Å²) in [6.07, 6.45) is 1.38. The SMILES string of the molecule is O=C(COc1ccc(C=Nn2c(=O)[nH]c3ccccc3c2=O)cc1Br)Nc1ccc(Cl)cc1. The highest BCUT2D eigenvalue weighted by atomic mass is 79.9. The van der Waals surface area contributed by atoms with Crippen LogP contribution in [0.2, 0.25) is 5.02 Å². The smallest absolute Gasteiger partial charge is 0.349 e. The Morgan fingerprint density at radius 1 is 1.12 bits per heavy atom. The van der Waals surface area contributed by atoms with Gasteiger partial charge in [0.1, 0.15) is 5.75 Å². The molecule has 3 aromatic carbocycles. The van der Waals surface area contributed by atoms with E-state index in [0.29, 0.717) is 37.4 Å². The number of aromatic nitrogens is 2. The first-order valence-electron chi connectivity index (χ1n) is 9.67. The van der Waals surface area contributed by atoms with Crippen molar-refractivity contribution in [2.75, 3.05) is 11.9 Å². The molecule has 1 amide bonds. The van der Waals surface area contributed by atoms with E-state index in [1.54, 1.807) is 66.7 Å². The number of carbonyl (C=O) groups excluding carboxylic acids is 1. The van der Waals surface area contributed by atoms with Gasteiger partial charge in [-0.15, -0.1) is 4.68 Å². The van der Waals surface area contributed by atoms with Crippen LogP contribution in [0.1, 0.15) is 5.56 Å². The number of nitrogens with zero attached hydrogens (tertiary/aromatic N) is 2. The normalized spacial score (nSPS) is 11.1. The summed E-state index contributed by atoms with van der Waals surface area (Å²) in [6.45, 7) is -0.198. The summed E-state index contributed by atoms with van der Waals surface area (Å²) in [5, 5.41) is 7.67. The number of benzene rings is 3. The van der Waals surface area contributed by atoms with Crippen LogP contribution in [0, 0.1) is 0 Å². The molecule has 0 aliphatic rings. The van der Waals surface area contributed by atoms with E-state index in [1.807, 2.05) is 0 Å². The quantitative estimate of drug-likeness (QED) is 0.370. The number of hydrogen-bond donors (Lipinski definition) is 2. The minimum Gasteiger partial charge on any atom is -0.483 e. The van der Waals surface area contributed by atoms with Gasteiger partial charge in [0.15, 0.2) is 6.61 Å². The lowest BCUT2D eigenvalue weighted by molar-refractivity contribution is -0.118. The predicted octanol–water partition coefficient (Wildman–Crippen LogP) is 4.01. The second-order valence-corrected chi connectivity index (χ2v) is 8.16. The number of amides is 1. The number of fused-ring (bicyclic) bond motifs is 1. The van der Waals surface area contributed by atoms with E-state index in [0.717, 1.165) is 4.68 Å². The summed E-state index contributed by atoms with van der Waals surface area (Å²) < 4.78 is 6.90. The maximum absolute atomic E-state index is 12.5. The topological polar surface area (TPSA) is 106 Å². The van der Waals surface area contributed by atoms with Crippen molar-refractivity contribution in [2.45, 2.75) is 0 Å². The Hall–Kier alpha value is -3.69. The van der Waals surface area contributed by atoms with Crippen molar-refractivity contribution in [2.24, 2.45) is 5.10 Å². The second-order valence-electron chi connectivity index (χ2n) is 6.87. The van der Waals surface area contributed by atoms with Crippen molar-refractivity contribution in [3.63, 3.8) is 0 Å². The summed E-state index contributed by atoms with van der Waals surface area (Å²) in [5.41, 5.74) is 0.511. The van der Waals surface area contributed by atoms with Crippen LogP contribution in [-0.2, 0) is 4.79 Å². The highest BCUT2D eigenvalue weighted by molar-refractivity contribution is 9.10. The zero-order valence-electron chi connectivity index (χ0n) is 16.9. The molecular formula is C23H16BrClN4O4. The lowest BCUT2D eigenvalue weighted by atomic mass is 10.2. The van der Waals surface area contributed by atoms with E-state index >= 15 is 0 Å². The minimum absolute atomic E-state index is 0.198. The van der Waals surface area contributed by atoms with Crippen LogP contribution in [0.5, 0.6) is 5.75 Å². The molecule has 4 rings (SSSR count). The highest BCUT2D eigenvalue weighted by Gasteiger charge is 2.08. The Bertz CT molecular complexity index is 1480. The standard InChI is InChI=1S/C23H16BrClN4O4/c24-18-11-14(12-26-29-22(31)17-3-1-2-4-19(17)28-23(29)32)5-10-20(18)33-13-21(30)27-16-8-6-15(25)7-9-16/h1-12H,13H2,(H,27,30)(H,28,32). The molecule has 0 bridgehead atoms. The third kappa shape index (κ3) is 5.39. The fraction of sp³-hybridized carbons (Fsp3) is 0.0435. The molecule has 10 heteroatoms. The largest absolute Gasteiger partial charge is 0.483 e. The first kappa shape index (κ1) is 22.5. The number of ether oxygens (including phenoxy) is 1. The van der Waals surface area contributed by atoms with Crippen LogP contribution in [0.3, 0.4) is 0 Å². The molecule has 166 valence electrons. The van der Waals surface area contributed by atoms with Gasteiger partial charge >= 0.3 is 5.69 Å². The van der Waals surface area contributed by atoms with Gasteiger partial charge in [0.05, 0.1) is 21.6 Å². The molecule has 33 heavy (non-hydrogen) atoms. The molecular weight excluding hydrogens is 512 g/mol. The Kier molecular flexibility index (Phi) is 6.71. The molecule has 0 saturated heterocycles. The monoisotopic (exact) mass is 526 g/mol. The van der Waals surface area contributed by atoms with E-state index in [4.69, 9.17) is 16.3 Å². The summed E-state index contributed by atoms with van der Waals surface area (Å²) in [4.78, 5) is 39.5. The van der Waals surface area contributed by atoms with Gasteiger partial charge in [-0.1, -0.05) is 23.7 Å². The molecule has 1 heterocycles. The third-order valence-corrected chi connectivity index (χ3v) is 5.42. The molecule has 0 radical (unpaired) electrons. The zero-order chi connectivity index (χ0) is 23.4. The van der Waals surface area contributed by atoms with E-state index in [1.165, 1.54) is 6.21 Å². The molecule has 0 atom stereocenters. The molecule has 4 aromatic rings. The van der Waals surface area contributed by atoms with Gasteiger partial charge in [-0.25, -0.2) is 4.79 Å². The second kappa shape index (κ2) is 9.85. The minimum atomic E-state index is -0.638. The summed E-state index contributed by atoms with van der Waals surface area (Å²) >= 11 is 9.22. The third-order valence-electron chi connectivity index (χ3n) is 4.55. The van der Waals surface area contributed by atoms with Gasteiger partial charge in [-0.3, -0.25) is 9.59 Å². The number of H-pyrrole nitrogens is 1. The Balaban J connectivity index is 1.44. The number of halogens is 2. The Labute approximate surface area is 200 Å². The van der Waals surface area contributed by atoms with Crippen LogP contribution in [-0.4, -0.2) is 28.4 Å². The summed E-state index contributed by atoms with van der Waals surface area (Å²) in [7, 11) is 0. The molecule has 2 N–H and O–H groups in total.